The monoisotopic (exact) mass is 374 g/mol. The van der Waals surface area contributed by atoms with Crippen LogP contribution in [0.4, 0.5) is 5.82 Å². The summed E-state index contributed by atoms with van der Waals surface area (Å²) in [6.45, 7) is 1.51. The fraction of sp³-hybridized carbons (Fsp3) is 0.333. The van der Waals surface area contributed by atoms with E-state index >= 15 is 0 Å². The van der Waals surface area contributed by atoms with E-state index in [9.17, 15) is 14.4 Å². The quantitative estimate of drug-likeness (QED) is 0.761. The Labute approximate surface area is 156 Å². The lowest BCUT2D eigenvalue weighted by Gasteiger charge is -2.25. The molecule has 1 heterocycles. The van der Waals surface area contributed by atoms with Gasteiger partial charge in [0.05, 0.1) is 17.5 Å². The van der Waals surface area contributed by atoms with E-state index in [1.165, 1.54) is 30.8 Å². The van der Waals surface area contributed by atoms with Gasteiger partial charge >= 0.3 is 0 Å². The molecule has 26 heavy (non-hydrogen) atoms. The maximum atomic E-state index is 13.2. The summed E-state index contributed by atoms with van der Waals surface area (Å²) in [5.74, 6) is -1.77. The first kappa shape index (κ1) is 19.7. The summed E-state index contributed by atoms with van der Waals surface area (Å²) in [6, 6.07) is 8.50. The molecule has 3 amide bonds. The van der Waals surface area contributed by atoms with E-state index in [1.807, 2.05) is 30.3 Å². The zero-order valence-corrected chi connectivity index (χ0v) is 15.5. The summed E-state index contributed by atoms with van der Waals surface area (Å²) >= 11 is 1.27. The van der Waals surface area contributed by atoms with E-state index in [0.29, 0.717) is 6.42 Å². The molecule has 8 heteroatoms. The number of rotatable bonds is 7. The second kappa shape index (κ2) is 9.21. The number of benzene rings is 1. The van der Waals surface area contributed by atoms with Crippen molar-refractivity contribution in [3.05, 3.63) is 46.8 Å². The van der Waals surface area contributed by atoms with Crippen LogP contribution in [0.2, 0.25) is 0 Å². The number of hydrogen-bond acceptors (Lipinski definition) is 6. The summed E-state index contributed by atoms with van der Waals surface area (Å²) in [6.07, 6.45) is 0.303. The van der Waals surface area contributed by atoms with Crippen LogP contribution in [0, 0.1) is 5.92 Å². The summed E-state index contributed by atoms with van der Waals surface area (Å²) < 4.78 is 0. The maximum absolute atomic E-state index is 13.2. The smallest absolute Gasteiger partial charge is 0.251 e. The second-order valence-electron chi connectivity index (χ2n) is 5.91. The van der Waals surface area contributed by atoms with Gasteiger partial charge in [0.1, 0.15) is 0 Å². The molecular weight excluding hydrogens is 352 g/mol. The molecule has 0 fully saturated rings. The third-order valence-electron chi connectivity index (χ3n) is 3.86. The molecule has 1 aromatic carbocycles. The molecule has 3 N–H and O–H groups in total. The summed E-state index contributed by atoms with van der Waals surface area (Å²) in [7, 11) is 1.51. The molecular formula is C18H22N4O3S. The number of hydrogen-bond donors (Lipinski definition) is 2. The van der Waals surface area contributed by atoms with Gasteiger partial charge in [0.25, 0.3) is 5.91 Å². The Bertz CT molecular complexity index is 747. The molecule has 0 aliphatic carbocycles. The number of imide groups is 1. The number of carbonyl (C=O) groups excluding carboxylic acids is 3. The van der Waals surface area contributed by atoms with Crippen LogP contribution in [0.5, 0.6) is 0 Å². The summed E-state index contributed by atoms with van der Waals surface area (Å²) in [5, 5.41) is 4.14. The minimum Gasteiger partial charge on any atom is -0.359 e. The first-order valence-corrected chi connectivity index (χ1v) is 9.14. The number of nitrogens with zero attached hydrogens (tertiary/aromatic N) is 2. The van der Waals surface area contributed by atoms with Crippen molar-refractivity contribution in [2.75, 3.05) is 11.9 Å². The predicted molar refractivity (Wildman–Crippen MR) is 101 cm³/mol. The van der Waals surface area contributed by atoms with Crippen molar-refractivity contribution in [3.8, 4) is 0 Å². The molecule has 0 saturated carbocycles. The Balaban J connectivity index is 2.34. The number of carbonyl (C=O) groups is 3. The highest BCUT2D eigenvalue weighted by atomic mass is 32.1. The van der Waals surface area contributed by atoms with Gasteiger partial charge < -0.3 is 11.1 Å². The van der Waals surface area contributed by atoms with Crippen molar-refractivity contribution in [1.29, 1.82) is 0 Å². The first-order chi connectivity index (χ1) is 12.4. The van der Waals surface area contributed by atoms with E-state index in [2.05, 4.69) is 10.3 Å². The van der Waals surface area contributed by atoms with Crippen molar-refractivity contribution in [3.63, 3.8) is 0 Å². The number of nitrogens with two attached hydrogens (primary N) is 1. The van der Waals surface area contributed by atoms with Crippen LogP contribution in [0.15, 0.2) is 41.2 Å². The average Bonchev–Trinajstić information content (AvgIpc) is 3.16. The largest absolute Gasteiger partial charge is 0.359 e. The Hall–Kier alpha value is -2.58. The number of nitrogens with one attached hydrogen (secondary N) is 1. The molecule has 0 spiro atoms. The van der Waals surface area contributed by atoms with Gasteiger partial charge in [0, 0.05) is 18.8 Å². The number of anilines is 1. The van der Waals surface area contributed by atoms with Gasteiger partial charge in [-0.1, -0.05) is 30.3 Å². The van der Waals surface area contributed by atoms with Gasteiger partial charge in [-0.25, -0.2) is 9.88 Å². The maximum Gasteiger partial charge on any atom is 0.251 e. The molecule has 0 aliphatic rings. The zero-order chi connectivity index (χ0) is 19.1. The van der Waals surface area contributed by atoms with Crippen molar-refractivity contribution in [2.45, 2.75) is 25.8 Å². The van der Waals surface area contributed by atoms with Gasteiger partial charge in [-0.2, -0.15) is 0 Å². The average molecular weight is 374 g/mol. The number of thiazole rings is 1. The molecule has 0 radical (unpaired) electrons. The van der Waals surface area contributed by atoms with E-state index in [1.54, 1.807) is 5.38 Å². The second-order valence-corrected chi connectivity index (χ2v) is 6.63. The molecule has 0 saturated heterocycles. The van der Waals surface area contributed by atoms with Gasteiger partial charge in [0.2, 0.25) is 11.8 Å². The van der Waals surface area contributed by atoms with Crippen molar-refractivity contribution in [2.24, 2.45) is 11.7 Å². The Kier molecular flexibility index (Phi) is 6.99. The van der Waals surface area contributed by atoms with Crippen LogP contribution in [0.1, 0.15) is 18.9 Å². The minimum atomic E-state index is -0.863. The van der Waals surface area contributed by atoms with Crippen LogP contribution >= 0.6 is 11.3 Å². The number of aromatic nitrogens is 1. The van der Waals surface area contributed by atoms with E-state index in [-0.39, 0.29) is 18.1 Å². The first-order valence-electron chi connectivity index (χ1n) is 8.20. The molecule has 1 aromatic heterocycles. The normalized spacial score (nSPS) is 12.9. The SMILES string of the molecule is CNC(=O)CC(Cc1ccccc1)C(=O)N(C(=O)[C@@H](C)N)c1cscn1. The molecule has 0 bridgehead atoms. The van der Waals surface area contributed by atoms with E-state index < -0.39 is 23.8 Å². The fourth-order valence-electron chi connectivity index (χ4n) is 2.51. The van der Waals surface area contributed by atoms with Gasteiger partial charge in [-0.05, 0) is 18.9 Å². The van der Waals surface area contributed by atoms with Crippen LogP contribution in [0.3, 0.4) is 0 Å². The van der Waals surface area contributed by atoms with Gasteiger partial charge in [-0.3, -0.25) is 14.4 Å². The standard InChI is InChI=1S/C18H22N4O3S/c1-12(19)17(24)22(15-10-26-11-21-15)18(25)14(9-16(23)20-2)8-13-6-4-3-5-7-13/h3-7,10-12,14H,8-9,19H2,1-2H3,(H,20,23)/t12-,14?/m1/s1. The fourth-order valence-corrected chi connectivity index (χ4v) is 3.03. The molecule has 138 valence electrons. The minimum absolute atomic E-state index is 0.0307. The molecule has 2 atom stereocenters. The number of amides is 3. The van der Waals surface area contributed by atoms with E-state index in [0.717, 1.165) is 10.5 Å². The zero-order valence-electron chi connectivity index (χ0n) is 14.7. The van der Waals surface area contributed by atoms with Crippen molar-refractivity contribution in [1.82, 2.24) is 10.3 Å². The highest BCUT2D eigenvalue weighted by Crippen LogP contribution is 2.22. The Morgan fingerprint density at radius 2 is 1.92 bits per heavy atom. The third kappa shape index (κ3) is 4.96. The molecule has 0 aliphatic heterocycles. The molecule has 2 rings (SSSR count). The lowest BCUT2D eigenvalue weighted by atomic mass is 9.94. The lowest BCUT2D eigenvalue weighted by Crippen LogP contribution is -2.49. The Morgan fingerprint density at radius 1 is 1.23 bits per heavy atom. The van der Waals surface area contributed by atoms with Crippen LogP contribution in [-0.2, 0) is 20.8 Å². The highest BCUT2D eigenvalue weighted by Gasteiger charge is 2.33. The molecule has 1 unspecified atom stereocenters. The Morgan fingerprint density at radius 3 is 2.46 bits per heavy atom. The van der Waals surface area contributed by atoms with Crippen molar-refractivity contribution >= 4 is 34.9 Å². The molecule has 7 nitrogen and oxygen atoms in total. The third-order valence-corrected chi connectivity index (χ3v) is 4.44. The summed E-state index contributed by atoms with van der Waals surface area (Å²) in [5.41, 5.74) is 8.15. The van der Waals surface area contributed by atoms with Crippen LogP contribution in [0.25, 0.3) is 0 Å². The predicted octanol–water partition coefficient (Wildman–Crippen LogP) is 1.34. The van der Waals surface area contributed by atoms with Crippen LogP contribution in [-0.4, -0.2) is 35.8 Å². The van der Waals surface area contributed by atoms with Gasteiger partial charge in [0.15, 0.2) is 5.82 Å². The van der Waals surface area contributed by atoms with Crippen molar-refractivity contribution < 1.29 is 14.4 Å². The summed E-state index contributed by atoms with van der Waals surface area (Å²) in [4.78, 5) is 42.7. The van der Waals surface area contributed by atoms with Crippen LogP contribution < -0.4 is 16.0 Å². The molecule has 2 aromatic rings. The lowest BCUT2D eigenvalue weighted by molar-refractivity contribution is -0.132. The van der Waals surface area contributed by atoms with Gasteiger partial charge in [-0.15, -0.1) is 11.3 Å². The topological polar surface area (TPSA) is 105 Å². The highest BCUT2D eigenvalue weighted by molar-refractivity contribution is 7.08. The van der Waals surface area contributed by atoms with E-state index in [4.69, 9.17) is 5.73 Å².